The van der Waals surface area contributed by atoms with E-state index in [1.807, 2.05) is 6.07 Å². The minimum atomic E-state index is -0.594. The van der Waals surface area contributed by atoms with Gasteiger partial charge in [0, 0.05) is 4.47 Å². The zero-order valence-corrected chi connectivity index (χ0v) is 18.5. The van der Waals surface area contributed by atoms with Crippen molar-refractivity contribution in [2.24, 2.45) is 0 Å². The van der Waals surface area contributed by atoms with E-state index in [0.29, 0.717) is 22.3 Å². The molecular formula is C19H14Br2N2O4S. The van der Waals surface area contributed by atoms with Gasteiger partial charge in [-0.3, -0.25) is 19.8 Å². The van der Waals surface area contributed by atoms with Gasteiger partial charge in [-0.2, -0.15) is 0 Å². The third kappa shape index (κ3) is 4.11. The molecule has 2 amide bonds. The number of nitrogens with one attached hydrogen (secondary N) is 1. The molecule has 1 aliphatic rings. The number of hydrogen-bond acceptors (Lipinski definition) is 5. The summed E-state index contributed by atoms with van der Waals surface area (Å²) < 4.78 is 6.54. The molecule has 144 valence electrons. The highest BCUT2D eigenvalue weighted by atomic mass is 79.9. The van der Waals surface area contributed by atoms with E-state index in [0.717, 1.165) is 4.47 Å². The standard InChI is InChI=1S/C19H14Br2N2O4S/c1-2-27-15-8-10(7-14(21)16(15)24)6-13-17(25)22-19(28)23(18(13)26)12-5-3-4-11(20)9-12/h3-9,24H,2H2,1H3,(H,22,25,28). The van der Waals surface area contributed by atoms with Crippen molar-refractivity contribution >= 4 is 72.8 Å². The average Bonchev–Trinajstić information content (AvgIpc) is 2.63. The SMILES string of the molecule is CCOc1cc(C=C2C(=O)NC(=S)N(c3cccc(Br)c3)C2=O)cc(Br)c1O. The van der Waals surface area contributed by atoms with Crippen molar-refractivity contribution < 1.29 is 19.4 Å². The molecule has 2 N–H and O–H groups in total. The Hall–Kier alpha value is -2.23. The topological polar surface area (TPSA) is 78.9 Å². The van der Waals surface area contributed by atoms with Crippen LogP contribution in [0.4, 0.5) is 5.69 Å². The van der Waals surface area contributed by atoms with Crippen molar-refractivity contribution in [1.82, 2.24) is 5.32 Å². The summed E-state index contributed by atoms with van der Waals surface area (Å²) in [5, 5.41) is 12.6. The van der Waals surface area contributed by atoms with E-state index in [1.165, 1.54) is 11.0 Å². The van der Waals surface area contributed by atoms with Crippen molar-refractivity contribution in [2.45, 2.75) is 6.92 Å². The Morgan fingerprint density at radius 1 is 1.25 bits per heavy atom. The second-order valence-electron chi connectivity index (χ2n) is 5.72. The molecule has 0 aromatic heterocycles. The summed E-state index contributed by atoms with van der Waals surface area (Å²) in [7, 11) is 0. The van der Waals surface area contributed by atoms with Gasteiger partial charge >= 0.3 is 0 Å². The molecule has 1 saturated heterocycles. The molecule has 0 aliphatic carbocycles. The molecule has 1 heterocycles. The third-order valence-electron chi connectivity index (χ3n) is 3.83. The zero-order valence-electron chi connectivity index (χ0n) is 14.5. The van der Waals surface area contributed by atoms with Crippen molar-refractivity contribution in [3.63, 3.8) is 0 Å². The highest BCUT2D eigenvalue weighted by Crippen LogP contribution is 2.36. The Labute approximate surface area is 183 Å². The highest BCUT2D eigenvalue weighted by molar-refractivity contribution is 9.10. The molecule has 0 atom stereocenters. The lowest BCUT2D eigenvalue weighted by Crippen LogP contribution is -2.54. The van der Waals surface area contributed by atoms with E-state index in [1.54, 1.807) is 37.3 Å². The van der Waals surface area contributed by atoms with Crippen LogP contribution in [-0.4, -0.2) is 28.6 Å². The molecule has 2 aromatic carbocycles. The summed E-state index contributed by atoms with van der Waals surface area (Å²) in [5.74, 6) is -0.954. The fraction of sp³-hybridized carbons (Fsp3) is 0.105. The lowest BCUT2D eigenvalue weighted by Gasteiger charge is -2.29. The van der Waals surface area contributed by atoms with Gasteiger partial charge in [0.25, 0.3) is 11.8 Å². The summed E-state index contributed by atoms with van der Waals surface area (Å²) in [5.41, 5.74) is 0.944. The Kier molecular flexibility index (Phi) is 6.17. The van der Waals surface area contributed by atoms with Gasteiger partial charge in [-0.1, -0.05) is 22.0 Å². The Morgan fingerprint density at radius 3 is 2.68 bits per heavy atom. The van der Waals surface area contributed by atoms with E-state index in [-0.39, 0.29) is 22.2 Å². The number of thiocarbonyl (C=S) groups is 1. The quantitative estimate of drug-likeness (QED) is 0.356. The normalized spacial score (nSPS) is 15.8. The monoisotopic (exact) mass is 524 g/mol. The molecule has 9 heteroatoms. The predicted molar refractivity (Wildman–Crippen MR) is 117 cm³/mol. The Bertz CT molecular complexity index is 1020. The largest absolute Gasteiger partial charge is 0.503 e. The number of benzene rings is 2. The van der Waals surface area contributed by atoms with Crippen molar-refractivity contribution in [3.05, 3.63) is 56.5 Å². The van der Waals surface area contributed by atoms with Crippen LogP contribution in [0.1, 0.15) is 12.5 Å². The number of hydrogen-bond donors (Lipinski definition) is 2. The minimum Gasteiger partial charge on any atom is -0.503 e. The predicted octanol–water partition coefficient (Wildman–Crippen LogP) is 4.15. The van der Waals surface area contributed by atoms with Crippen LogP contribution >= 0.6 is 44.1 Å². The third-order valence-corrected chi connectivity index (χ3v) is 5.21. The molecule has 1 fully saturated rings. The van der Waals surface area contributed by atoms with E-state index < -0.39 is 11.8 Å². The molecule has 28 heavy (non-hydrogen) atoms. The molecule has 0 unspecified atom stereocenters. The molecular weight excluding hydrogens is 512 g/mol. The smallest absolute Gasteiger partial charge is 0.270 e. The number of nitrogens with zero attached hydrogens (tertiary/aromatic N) is 1. The molecule has 6 nitrogen and oxygen atoms in total. The van der Waals surface area contributed by atoms with Gasteiger partial charge in [0.15, 0.2) is 16.6 Å². The maximum atomic E-state index is 13.0. The zero-order chi connectivity index (χ0) is 20.4. The van der Waals surface area contributed by atoms with E-state index in [9.17, 15) is 14.7 Å². The lowest BCUT2D eigenvalue weighted by atomic mass is 10.1. The number of phenolic OH excluding ortho intramolecular Hbond substituents is 1. The molecule has 2 aromatic rings. The second kappa shape index (κ2) is 8.42. The summed E-state index contributed by atoms with van der Waals surface area (Å²) in [6.07, 6.45) is 1.43. The number of aromatic hydroxyl groups is 1. The van der Waals surface area contributed by atoms with E-state index in [4.69, 9.17) is 17.0 Å². The van der Waals surface area contributed by atoms with Crippen LogP contribution in [0.2, 0.25) is 0 Å². The molecule has 0 spiro atoms. The number of halogens is 2. The molecule has 1 aliphatic heterocycles. The summed E-state index contributed by atoms with van der Waals surface area (Å²) in [6.45, 7) is 2.14. The minimum absolute atomic E-state index is 0.00661. The molecule has 0 saturated carbocycles. The number of anilines is 1. The summed E-state index contributed by atoms with van der Waals surface area (Å²) in [6, 6.07) is 10.2. The van der Waals surface area contributed by atoms with Gasteiger partial charge in [0.05, 0.1) is 16.8 Å². The lowest BCUT2D eigenvalue weighted by molar-refractivity contribution is -0.122. The Morgan fingerprint density at radius 2 is 2.00 bits per heavy atom. The number of phenols is 1. The second-order valence-corrected chi connectivity index (χ2v) is 7.88. The maximum Gasteiger partial charge on any atom is 0.270 e. The fourth-order valence-electron chi connectivity index (χ4n) is 2.62. The number of rotatable bonds is 4. The number of carbonyl (C=O) groups excluding carboxylic acids is 2. The van der Waals surface area contributed by atoms with Gasteiger partial charge in [0.1, 0.15) is 5.57 Å². The van der Waals surface area contributed by atoms with Gasteiger partial charge in [0.2, 0.25) is 0 Å². The fourth-order valence-corrected chi connectivity index (χ4v) is 3.74. The first-order valence-electron chi connectivity index (χ1n) is 8.14. The maximum absolute atomic E-state index is 13.0. The van der Waals surface area contributed by atoms with Gasteiger partial charge in [-0.15, -0.1) is 0 Å². The van der Waals surface area contributed by atoms with Crippen molar-refractivity contribution in [1.29, 1.82) is 0 Å². The number of carbonyl (C=O) groups is 2. The van der Waals surface area contributed by atoms with E-state index in [2.05, 4.69) is 37.2 Å². The van der Waals surface area contributed by atoms with Crippen LogP contribution in [0.3, 0.4) is 0 Å². The van der Waals surface area contributed by atoms with Crippen LogP contribution in [0.5, 0.6) is 11.5 Å². The van der Waals surface area contributed by atoms with E-state index >= 15 is 0 Å². The average molecular weight is 526 g/mol. The van der Waals surface area contributed by atoms with Gasteiger partial charge in [-0.25, -0.2) is 0 Å². The number of amides is 2. The van der Waals surface area contributed by atoms with Crippen LogP contribution < -0.4 is 15.0 Å². The first-order valence-corrected chi connectivity index (χ1v) is 10.1. The first-order chi connectivity index (χ1) is 13.3. The summed E-state index contributed by atoms with van der Waals surface area (Å²) >= 11 is 11.8. The molecule has 3 rings (SSSR count). The first kappa shape index (κ1) is 20.5. The van der Waals surface area contributed by atoms with Gasteiger partial charge < -0.3 is 9.84 Å². The van der Waals surface area contributed by atoms with Crippen LogP contribution in [0, 0.1) is 0 Å². The Balaban J connectivity index is 2.04. The van der Waals surface area contributed by atoms with Crippen molar-refractivity contribution in [3.8, 4) is 11.5 Å². The van der Waals surface area contributed by atoms with Crippen LogP contribution in [0.15, 0.2) is 50.9 Å². The van der Waals surface area contributed by atoms with Gasteiger partial charge in [-0.05, 0) is 77.0 Å². The molecule has 0 radical (unpaired) electrons. The highest BCUT2D eigenvalue weighted by Gasteiger charge is 2.34. The summed E-state index contributed by atoms with van der Waals surface area (Å²) in [4.78, 5) is 26.7. The molecule has 0 bridgehead atoms. The van der Waals surface area contributed by atoms with Crippen LogP contribution in [-0.2, 0) is 9.59 Å². The van der Waals surface area contributed by atoms with Crippen molar-refractivity contribution in [2.75, 3.05) is 11.5 Å². The van der Waals surface area contributed by atoms with Crippen LogP contribution in [0.25, 0.3) is 6.08 Å². The number of ether oxygens (including phenoxy) is 1.